The molecule has 1 saturated heterocycles. The zero-order valence-electron chi connectivity index (χ0n) is 14.8. The van der Waals surface area contributed by atoms with Crippen LogP contribution in [0.2, 0.25) is 0 Å². The molecule has 1 fully saturated rings. The Hall–Kier alpha value is -2.06. The Morgan fingerprint density at radius 1 is 1.33 bits per heavy atom. The van der Waals surface area contributed by atoms with Crippen LogP contribution in [0.3, 0.4) is 0 Å². The minimum absolute atomic E-state index is 0.0219. The summed E-state index contributed by atoms with van der Waals surface area (Å²) in [6, 6.07) is 10.6. The van der Waals surface area contributed by atoms with Crippen molar-refractivity contribution in [2.24, 2.45) is 4.99 Å². The normalized spacial score (nSPS) is 17.9. The molecule has 0 aliphatic carbocycles. The van der Waals surface area contributed by atoms with E-state index in [-0.39, 0.29) is 5.41 Å². The molecule has 2 rings (SSSR count). The molecule has 0 bridgehead atoms. The number of hydrogen-bond donors (Lipinski definition) is 1. The minimum atomic E-state index is -0.0219. The van der Waals surface area contributed by atoms with E-state index in [1.807, 2.05) is 12.3 Å². The van der Waals surface area contributed by atoms with Crippen LogP contribution in [0.1, 0.15) is 38.7 Å². The molecule has 1 unspecified atom stereocenters. The van der Waals surface area contributed by atoms with Crippen molar-refractivity contribution in [1.82, 2.24) is 10.2 Å². The first-order valence-corrected chi connectivity index (χ1v) is 8.77. The van der Waals surface area contributed by atoms with Gasteiger partial charge in [-0.05, 0) is 12.0 Å². The van der Waals surface area contributed by atoms with Gasteiger partial charge in [0.2, 0.25) is 5.96 Å². The lowest BCUT2D eigenvalue weighted by Gasteiger charge is -2.32. The number of nitrogens with one attached hydrogen (secondary N) is 1. The summed E-state index contributed by atoms with van der Waals surface area (Å²) in [4.78, 5) is 6.89. The molecule has 1 N–H and O–H groups in total. The Labute approximate surface area is 145 Å². The zero-order valence-corrected chi connectivity index (χ0v) is 14.8. The molecule has 5 nitrogen and oxygen atoms in total. The molecule has 130 valence electrons. The number of aliphatic imine (C=N–C) groups is 1. The number of nitrogens with zero attached hydrogens (tertiary/aromatic N) is 3. The van der Waals surface area contributed by atoms with Crippen molar-refractivity contribution in [3.63, 3.8) is 0 Å². The largest absolute Gasteiger partial charge is 0.378 e. The predicted molar refractivity (Wildman–Crippen MR) is 96.8 cm³/mol. The molecular weight excluding hydrogens is 300 g/mol. The maximum absolute atomic E-state index is 9.06. The van der Waals surface area contributed by atoms with E-state index in [1.54, 1.807) is 0 Å². The fourth-order valence-corrected chi connectivity index (χ4v) is 3.02. The van der Waals surface area contributed by atoms with Gasteiger partial charge in [0.15, 0.2) is 6.19 Å². The maximum Gasteiger partial charge on any atom is 0.207 e. The topological polar surface area (TPSA) is 60.7 Å². The third-order valence-corrected chi connectivity index (χ3v) is 4.61. The standard InChI is InChI=1S/C19H28N4O/c1-3-4-10-19(2,17-8-6-5-7-9-17)15-21-18(22-16-20)23-11-13-24-14-12-23/h5-9H,3-4,10-15H2,1-2H3,(H,21,22). The smallest absolute Gasteiger partial charge is 0.207 e. The third kappa shape index (κ3) is 4.97. The van der Waals surface area contributed by atoms with E-state index in [0.717, 1.165) is 19.5 Å². The molecule has 1 heterocycles. The molecule has 0 radical (unpaired) electrons. The van der Waals surface area contributed by atoms with Gasteiger partial charge in [-0.2, -0.15) is 5.26 Å². The monoisotopic (exact) mass is 328 g/mol. The lowest BCUT2D eigenvalue weighted by molar-refractivity contribution is 0.0668. The van der Waals surface area contributed by atoms with Gasteiger partial charge in [-0.25, -0.2) is 0 Å². The summed E-state index contributed by atoms with van der Waals surface area (Å²) in [5.74, 6) is 0.666. The molecule has 1 aromatic rings. The molecule has 1 aliphatic heterocycles. The minimum Gasteiger partial charge on any atom is -0.378 e. The van der Waals surface area contributed by atoms with E-state index in [1.165, 1.54) is 18.4 Å². The van der Waals surface area contributed by atoms with Gasteiger partial charge in [0.1, 0.15) is 0 Å². The van der Waals surface area contributed by atoms with Gasteiger partial charge in [0.05, 0.1) is 19.8 Å². The van der Waals surface area contributed by atoms with Crippen molar-refractivity contribution in [1.29, 1.82) is 5.26 Å². The fourth-order valence-electron chi connectivity index (χ4n) is 3.02. The quantitative estimate of drug-likeness (QED) is 0.377. The van der Waals surface area contributed by atoms with E-state index in [0.29, 0.717) is 25.7 Å². The SMILES string of the molecule is CCCCC(C)(CN=C(NC#N)N1CCOCC1)c1ccccc1. The first kappa shape index (κ1) is 18.3. The average Bonchev–Trinajstić information content (AvgIpc) is 2.65. The summed E-state index contributed by atoms with van der Waals surface area (Å²) >= 11 is 0. The summed E-state index contributed by atoms with van der Waals surface area (Å²) in [6.07, 6.45) is 5.44. The summed E-state index contributed by atoms with van der Waals surface area (Å²) in [7, 11) is 0. The van der Waals surface area contributed by atoms with Crippen LogP contribution in [-0.4, -0.2) is 43.7 Å². The molecule has 0 saturated carbocycles. The van der Waals surface area contributed by atoms with E-state index in [2.05, 4.69) is 48.3 Å². The summed E-state index contributed by atoms with van der Waals surface area (Å²) in [5, 5.41) is 11.8. The van der Waals surface area contributed by atoms with Crippen molar-refractivity contribution in [2.45, 2.75) is 38.5 Å². The molecule has 1 aromatic carbocycles. The molecule has 0 amide bonds. The Morgan fingerprint density at radius 3 is 2.67 bits per heavy atom. The van der Waals surface area contributed by atoms with Gasteiger partial charge < -0.3 is 9.64 Å². The van der Waals surface area contributed by atoms with Gasteiger partial charge in [0, 0.05) is 18.5 Å². The third-order valence-electron chi connectivity index (χ3n) is 4.61. The number of benzene rings is 1. The molecular formula is C19H28N4O. The number of rotatable bonds is 6. The Morgan fingerprint density at radius 2 is 2.04 bits per heavy atom. The van der Waals surface area contributed by atoms with Crippen LogP contribution < -0.4 is 5.32 Å². The molecule has 1 atom stereocenters. The van der Waals surface area contributed by atoms with Crippen LogP contribution in [-0.2, 0) is 10.2 Å². The number of ether oxygens (including phenoxy) is 1. The average molecular weight is 328 g/mol. The summed E-state index contributed by atoms with van der Waals surface area (Å²) < 4.78 is 5.39. The Bertz CT molecular complexity index is 560. The van der Waals surface area contributed by atoms with E-state index in [4.69, 9.17) is 15.0 Å². The van der Waals surface area contributed by atoms with Crippen LogP contribution in [0.25, 0.3) is 0 Å². The van der Waals surface area contributed by atoms with E-state index < -0.39 is 0 Å². The molecule has 5 heteroatoms. The van der Waals surface area contributed by atoms with Gasteiger partial charge in [0.25, 0.3) is 0 Å². The Balaban J connectivity index is 2.18. The first-order chi connectivity index (χ1) is 11.7. The number of unbranched alkanes of at least 4 members (excludes halogenated alkanes) is 1. The van der Waals surface area contributed by atoms with Gasteiger partial charge in [-0.15, -0.1) is 0 Å². The summed E-state index contributed by atoms with van der Waals surface area (Å²) in [6.45, 7) is 8.04. The van der Waals surface area contributed by atoms with Gasteiger partial charge in [-0.3, -0.25) is 10.3 Å². The summed E-state index contributed by atoms with van der Waals surface area (Å²) in [5.41, 5.74) is 1.28. The van der Waals surface area contributed by atoms with Crippen molar-refractivity contribution in [3.05, 3.63) is 35.9 Å². The van der Waals surface area contributed by atoms with Crippen molar-refractivity contribution < 1.29 is 4.74 Å². The second-order valence-electron chi connectivity index (χ2n) is 6.51. The number of nitriles is 1. The molecule has 24 heavy (non-hydrogen) atoms. The highest BCUT2D eigenvalue weighted by Gasteiger charge is 2.26. The van der Waals surface area contributed by atoms with Crippen molar-refractivity contribution in [2.75, 3.05) is 32.8 Å². The van der Waals surface area contributed by atoms with Crippen LogP contribution in [0, 0.1) is 11.5 Å². The highest BCUT2D eigenvalue weighted by atomic mass is 16.5. The lowest BCUT2D eigenvalue weighted by atomic mass is 9.78. The zero-order chi connectivity index (χ0) is 17.3. The Kier molecular flexibility index (Phi) is 7.07. The van der Waals surface area contributed by atoms with E-state index >= 15 is 0 Å². The predicted octanol–water partition coefficient (Wildman–Crippen LogP) is 2.89. The maximum atomic E-state index is 9.06. The van der Waals surface area contributed by atoms with E-state index in [9.17, 15) is 0 Å². The fraction of sp³-hybridized carbons (Fsp3) is 0.579. The van der Waals surface area contributed by atoms with Crippen LogP contribution in [0.5, 0.6) is 0 Å². The lowest BCUT2D eigenvalue weighted by Crippen LogP contribution is -2.46. The van der Waals surface area contributed by atoms with Crippen LogP contribution in [0.4, 0.5) is 0 Å². The number of guanidine groups is 1. The second kappa shape index (κ2) is 9.29. The van der Waals surface area contributed by atoms with Gasteiger partial charge in [-0.1, -0.05) is 57.0 Å². The first-order valence-electron chi connectivity index (χ1n) is 8.77. The number of morpholine rings is 1. The van der Waals surface area contributed by atoms with Crippen molar-refractivity contribution in [3.8, 4) is 6.19 Å². The number of hydrogen-bond acceptors (Lipinski definition) is 3. The second-order valence-corrected chi connectivity index (χ2v) is 6.51. The highest BCUT2D eigenvalue weighted by molar-refractivity contribution is 5.81. The molecule has 0 aromatic heterocycles. The van der Waals surface area contributed by atoms with Gasteiger partial charge >= 0.3 is 0 Å². The van der Waals surface area contributed by atoms with Crippen LogP contribution in [0.15, 0.2) is 35.3 Å². The molecule has 1 aliphatic rings. The van der Waals surface area contributed by atoms with Crippen molar-refractivity contribution >= 4 is 5.96 Å². The highest BCUT2D eigenvalue weighted by Crippen LogP contribution is 2.30. The van der Waals surface area contributed by atoms with Crippen LogP contribution >= 0.6 is 0 Å². The molecule has 0 spiro atoms.